The highest BCUT2D eigenvalue weighted by Gasteiger charge is 2.77. The zero-order valence-corrected chi connectivity index (χ0v) is 22.7. The smallest absolute Gasteiger partial charge is 0.258 e. The Balaban J connectivity index is 1.63. The number of carbonyl (C=O) groups is 4. The summed E-state index contributed by atoms with van der Waals surface area (Å²) in [6.07, 6.45) is 0.570. The quantitative estimate of drug-likeness (QED) is 0.0927. The Bertz CT molecular complexity index is 1680. The van der Waals surface area contributed by atoms with Crippen LogP contribution in [0.25, 0.3) is 0 Å². The standard InChI is InChI=1S/C26H14Cl3F5N2O6/c27-12-5-7(37)1-2-9(12)14-8-3-4-10-13(22(39)36(42)21(10)38)11(8)6-25(28)23(40)35(24(41)26(14,25)29)20-18(33)16(31)15(30)17(32)19(20)34/h1-3,5,10-11,13-14,37,42H,4,6H2/t10-,11+,13-,14+,25+,26-/m0/s1. The van der Waals surface area contributed by atoms with E-state index in [1.165, 1.54) is 12.1 Å². The number of nitrogens with zero attached hydrogens (tertiary/aromatic N) is 2. The molecule has 8 nitrogen and oxygen atoms in total. The summed E-state index contributed by atoms with van der Waals surface area (Å²) in [5.41, 5.74) is -1.82. The number of hydrogen-bond acceptors (Lipinski definition) is 6. The number of imide groups is 2. The van der Waals surface area contributed by atoms with E-state index in [2.05, 4.69) is 0 Å². The number of phenolic OH excluding ortho intramolecular Hbond substituents is 1. The summed E-state index contributed by atoms with van der Waals surface area (Å²) in [7, 11) is 0. The van der Waals surface area contributed by atoms with Crippen LogP contribution in [-0.2, 0) is 19.2 Å². The van der Waals surface area contributed by atoms with Crippen molar-refractivity contribution in [3.8, 4) is 5.75 Å². The Morgan fingerprint density at radius 1 is 0.857 bits per heavy atom. The van der Waals surface area contributed by atoms with Gasteiger partial charge >= 0.3 is 0 Å². The molecule has 0 spiro atoms. The van der Waals surface area contributed by atoms with Gasteiger partial charge in [-0.25, -0.2) is 26.9 Å². The first kappa shape index (κ1) is 28.8. The molecule has 2 saturated heterocycles. The molecule has 6 atom stereocenters. The summed E-state index contributed by atoms with van der Waals surface area (Å²) in [5, 5.41) is 19.7. The number of amides is 4. The lowest BCUT2D eigenvalue weighted by Gasteiger charge is -2.50. The number of carbonyl (C=O) groups excluding carboxylic acids is 4. The third kappa shape index (κ3) is 3.33. The molecule has 0 bridgehead atoms. The van der Waals surface area contributed by atoms with Gasteiger partial charge in [0.25, 0.3) is 23.6 Å². The maximum atomic E-state index is 14.9. The number of allylic oxidation sites excluding steroid dienone is 2. The molecule has 2 N–H and O–H groups in total. The van der Waals surface area contributed by atoms with Crippen molar-refractivity contribution in [2.24, 2.45) is 17.8 Å². The second-order valence-electron chi connectivity index (χ2n) is 10.4. The Morgan fingerprint density at radius 2 is 1.45 bits per heavy atom. The summed E-state index contributed by atoms with van der Waals surface area (Å²) in [5.74, 6) is -23.3. The number of aromatic hydroxyl groups is 1. The zero-order chi connectivity index (χ0) is 30.8. The van der Waals surface area contributed by atoms with Gasteiger partial charge in [0, 0.05) is 10.9 Å². The van der Waals surface area contributed by atoms with Crippen molar-refractivity contribution in [3.05, 3.63) is 69.5 Å². The van der Waals surface area contributed by atoms with E-state index in [4.69, 9.17) is 34.8 Å². The largest absolute Gasteiger partial charge is 0.508 e. The molecule has 1 saturated carbocycles. The molecule has 0 unspecified atom stereocenters. The SMILES string of the molecule is O=C1[C@H]2[C@H](CC=C3[C@H]2C[C@@]2(Cl)C(=O)N(c4c(F)c(F)c(F)c(F)c4F)C(=O)[C@@]2(Cl)[C@H]3c2ccc(O)cc2Cl)C(=O)N1O. The van der Waals surface area contributed by atoms with Crippen LogP contribution in [0.4, 0.5) is 27.6 Å². The molecule has 4 amide bonds. The predicted molar refractivity (Wildman–Crippen MR) is 133 cm³/mol. The highest BCUT2D eigenvalue weighted by atomic mass is 35.5. The highest BCUT2D eigenvalue weighted by Crippen LogP contribution is 2.66. The van der Waals surface area contributed by atoms with E-state index in [9.17, 15) is 51.4 Å². The van der Waals surface area contributed by atoms with Crippen LogP contribution in [0.5, 0.6) is 5.75 Å². The molecule has 0 radical (unpaired) electrons. The van der Waals surface area contributed by atoms with Gasteiger partial charge < -0.3 is 5.11 Å². The van der Waals surface area contributed by atoms with Crippen LogP contribution in [0.15, 0.2) is 29.8 Å². The fraction of sp³-hybridized carbons (Fsp3) is 0.308. The van der Waals surface area contributed by atoms with Gasteiger partial charge in [-0.05, 0) is 36.5 Å². The van der Waals surface area contributed by atoms with Gasteiger partial charge in [-0.3, -0.25) is 24.4 Å². The van der Waals surface area contributed by atoms with Crippen molar-refractivity contribution in [2.75, 3.05) is 4.90 Å². The Hall–Kier alpha value is -3.26. The first-order valence-electron chi connectivity index (χ1n) is 12.1. The average molecular weight is 652 g/mol. The molecule has 220 valence electrons. The van der Waals surface area contributed by atoms with Gasteiger partial charge in [0.15, 0.2) is 33.0 Å². The van der Waals surface area contributed by atoms with Gasteiger partial charge in [0.2, 0.25) is 5.82 Å². The van der Waals surface area contributed by atoms with Crippen LogP contribution in [-0.4, -0.2) is 48.8 Å². The van der Waals surface area contributed by atoms with Crippen LogP contribution in [0.2, 0.25) is 5.02 Å². The van der Waals surface area contributed by atoms with Crippen molar-refractivity contribution in [3.63, 3.8) is 0 Å². The van der Waals surface area contributed by atoms with Crippen molar-refractivity contribution in [2.45, 2.75) is 28.5 Å². The van der Waals surface area contributed by atoms with Crippen LogP contribution in [0, 0.1) is 46.8 Å². The fourth-order valence-corrected chi connectivity index (χ4v) is 7.86. The van der Waals surface area contributed by atoms with E-state index >= 15 is 0 Å². The molecule has 3 fully saturated rings. The summed E-state index contributed by atoms with van der Waals surface area (Å²) in [6, 6.07) is 3.39. The van der Waals surface area contributed by atoms with Crippen LogP contribution in [0.3, 0.4) is 0 Å². The maximum absolute atomic E-state index is 14.9. The van der Waals surface area contributed by atoms with E-state index < -0.39 is 98.2 Å². The molecule has 2 aromatic rings. The number of benzene rings is 2. The summed E-state index contributed by atoms with van der Waals surface area (Å²) in [6.45, 7) is 0. The number of alkyl halides is 2. The molecule has 2 aliphatic carbocycles. The second kappa shape index (κ2) is 9.12. The van der Waals surface area contributed by atoms with Gasteiger partial charge in [0.1, 0.15) is 11.4 Å². The highest BCUT2D eigenvalue weighted by molar-refractivity contribution is 6.58. The summed E-state index contributed by atoms with van der Waals surface area (Å²) in [4.78, 5) is 47.7. The minimum absolute atomic E-state index is 0.0538. The number of anilines is 1. The van der Waals surface area contributed by atoms with E-state index in [0.29, 0.717) is 0 Å². The molecule has 2 aliphatic heterocycles. The molecule has 2 heterocycles. The number of halogens is 8. The predicted octanol–water partition coefficient (Wildman–Crippen LogP) is 4.69. The van der Waals surface area contributed by atoms with Gasteiger partial charge in [-0.1, -0.05) is 29.3 Å². The van der Waals surface area contributed by atoms with Gasteiger partial charge in [-0.2, -0.15) is 5.06 Å². The fourth-order valence-electron chi connectivity index (χ4n) is 6.65. The molecule has 6 rings (SSSR count). The normalized spacial score (nSPS) is 32.3. The third-order valence-electron chi connectivity index (χ3n) is 8.49. The van der Waals surface area contributed by atoms with Crippen molar-refractivity contribution < 1.29 is 51.4 Å². The summed E-state index contributed by atoms with van der Waals surface area (Å²) >= 11 is 20.2. The molecular weight excluding hydrogens is 638 g/mol. The van der Waals surface area contributed by atoms with Crippen LogP contribution in [0.1, 0.15) is 24.3 Å². The monoisotopic (exact) mass is 650 g/mol. The van der Waals surface area contributed by atoms with Gasteiger partial charge in [-0.15, -0.1) is 23.2 Å². The number of fused-ring (bicyclic) bond motifs is 4. The van der Waals surface area contributed by atoms with Gasteiger partial charge in [0.05, 0.1) is 11.8 Å². The molecule has 4 aliphatic rings. The minimum atomic E-state index is -2.74. The van der Waals surface area contributed by atoms with Crippen LogP contribution >= 0.6 is 34.8 Å². The van der Waals surface area contributed by atoms with E-state index in [1.807, 2.05) is 0 Å². The second-order valence-corrected chi connectivity index (χ2v) is 12.0. The lowest BCUT2D eigenvalue weighted by Crippen LogP contribution is -2.60. The maximum Gasteiger partial charge on any atom is 0.258 e. The van der Waals surface area contributed by atoms with E-state index in [1.54, 1.807) is 0 Å². The first-order valence-corrected chi connectivity index (χ1v) is 13.3. The first-order chi connectivity index (χ1) is 19.6. The minimum Gasteiger partial charge on any atom is -0.508 e. The number of hydrogen-bond donors (Lipinski definition) is 2. The van der Waals surface area contributed by atoms with Crippen molar-refractivity contribution in [1.29, 1.82) is 0 Å². The summed E-state index contributed by atoms with van der Waals surface area (Å²) < 4.78 is 72.1. The topological polar surface area (TPSA) is 115 Å². The van der Waals surface area contributed by atoms with Crippen LogP contribution < -0.4 is 4.90 Å². The van der Waals surface area contributed by atoms with E-state index in [0.717, 1.165) is 12.1 Å². The Labute approximate surface area is 246 Å². The number of hydroxylamine groups is 2. The van der Waals surface area contributed by atoms with E-state index in [-0.39, 0.29) is 38.3 Å². The Morgan fingerprint density at radius 3 is 2.05 bits per heavy atom. The average Bonchev–Trinajstić information content (AvgIpc) is 3.25. The molecule has 2 aromatic carbocycles. The zero-order valence-electron chi connectivity index (χ0n) is 20.5. The number of phenols is 1. The lowest BCUT2D eigenvalue weighted by atomic mass is 9.56. The van der Waals surface area contributed by atoms with Crippen molar-refractivity contribution >= 4 is 64.1 Å². The Kier molecular flexibility index (Phi) is 6.26. The number of rotatable bonds is 2. The molecule has 42 heavy (non-hydrogen) atoms. The molecule has 0 aromatic heterocycles. The van der Waals surface area contributed by atoms with Crippen molar-refractivity contribution in [1.82, 2.24) is 5.06 Å². The lowest BCUT2D eigenvalue weighted by molar-refractivity contribution is -0.173. The molecule has 16 heteroatoms. The third-order valence-corrected chi connectivity index (χ3v) is 10.2. The molecular formula is C26H14Cl3F5N2O6.